The molecule has 0 saturated carbocycles. The molecule has 1 aromatic heterocycles. The Morgan fingerprint density at radius 2 is 1.23 bits per heavy atom. The van der Waals surface area contributed by atoms with E-state index >= 15 is 0 Å². The highest BCUT2D eigenvalue weighted by Crippen LogP contribution is 2.36. The predicted molar refractivity (Wildman–Crippen MR) is 220 cm³/mol. The fourth-order valence-corrected chi connectivity index (χ4v) is 7.37. The maximum Gasteiger partial charge on any atom is 0.308 e. The van der Waals surface area contributed by atoms with Crippen LogP contribution in [0.25, 0.3) is 44.6 Å². The number of hydrogen-bond acceptors (Lipinski definition) is 9. The number of ether oxygens (including phenoxy) is 1. The van der Waals surface area contributed by atoms with Crippen molar-refractivity contribution >= 4 is 73.3 Å². The molecule has 0 bridgehead atoms. The number of phenolic OH excluding ortho intramolecular Hbond substituents is 2. The molecule has 0 amide bonds. The summed E-state index contributed by atoms with van der Waals surface area (Å²) in [6, 6.07) is 43.6. The Balaban J connectivity index is 1.08. The summed E-state index contributed by atoms with van der Waals surface area (Å²) < 4.78 is 7.57. The maximum atomic E-state index is 11.9. The summed E-state index contributed by atoms with van der Waals surface area (Å²) in [7, 11) is 1.98. The van der Waals surface area contributed by atoms with E-state index in [0.717, 1.165) is 59.8 Å². The zero-order valence-electron chi connectivity index (χ0n) is 30.4. The van der Waals surface area contributed by atoms with Gasteiger partial charge in [-0.3, -0.25) is 9.47 Å². The second-order valence-corrected chi connectivity index (χ2v) is 13.6. The number of azo groups is 2. The highest BCUT2D eigenvalue weighted by molar-refractivity contribution is 5.93. The normalized spacial score (nSPS) is 14.4. The van der Waals surface area contributed by atoms with Crippen molar-refractivity contribution in [2.75, 3.05) is 12.1 Å². The maximum absolute atomic E-state index is 11.9. The van der Waals surface area contributed by atoms with Gasteiger partial charge in [-0.15, -0.1) is 20.5 Å². The molecule has 1 aliphatic rings. The molecule has 2 N–H and O–H groups in total. The zero-order valence-corrected chi connectivity index (χ0v) is 30.4. The van der Waals surface area contributed by atoms with E-state index in [9.17, 15) is 15.0 Å². The van der Waals surface area contributed by atoms with Crippen LogP contribution >= 0.6 is 0 Å². The topological polar surface area (TPSA) is 124 Å². The highest BCUT2D eigenvalue weighted by Gasteiger charge is 2.26. The molecule has 272 valence electrons. The molecule has 9 rings (SSSR count). The summed E-state index contributed by atoms with van der Waals surface area (Å²) in [6.07, 6.45) is 4.11. The summed E-state index contributed by atoms with van der Waals surface area (Å²) in [5.41, 5.74) is 4.60. The van der Waals surface area contributed by atoms with Gasteiger partial charge in [-0.2, -0.15) is 0 Å². The quantitative estimate of drug-likeness (QED) is 0.0958. The molecule has 1 unspecified atom stereocenters. The number of carbonyl (C=O) groups excluding carboxylic acids is 1. The lowest BCUT2D eigenvalue weighted by molar-refractivity contribution is -0.131. The van der Waals surface area contributed by atoms with Crippen LogP contribution in [-0.2, 0) is 4.79 Å². The second kappa shape index (κ2) is 14.0. The van der Waals surface area contributed by atoms with Gasteiger partial charge in [-0.25, -0.2) is 0 Å². The molecule has 0 fully saturated rings. The lowest BCUT2D eigenvalue weighted by atomic mass is 10.0. The first-order chi connectivity index (χ1) is 27.3. The van der Waals surface area contributed by atoms with Crippen molar-refractivity contribution in [2.45, 2.75) is 13.0 Å². The van der Waals surface area contributed by atoms with Crippen molar-refractivity contribution in [3.63, 3.8) is 0 Å². The summed E-state index contributed by atoms with van der Waals surface area (Å²) >= 11 is 0. The van der Waals surface area contributed by atoms with Crippen molar-refractivity contribution in [1.82, 2.24) is 4.68 Å². The Morgan fingerprint density at radius 1 is 0.643 bits per heavy atom. The molecular weight excluding hydrogens is 701 g/mol. The molecule has 1 aliphatic heterocycles. The molecule has 0 spiro atoms. The van der Waals surface area contributed by atoms with Crippen LogP contribution in [0.1, 0.15) is 24.1 Å². The average molecular weight is 735 g/mol. The first-order valence-electron chi connectivity index (χ1n) is 18.1. The van der Waals surface area contributed by atoms with Crippen molar-refractivity contribution in [2.24, 2.45) is 20.5 Å². The average Bonchev–Trinajstić information content (AvgIpc) is 3.70. The Hall–Kier alpha value is -7.59. The van der Waals surface area contributed by atoms with Crippen LogP contribution < -0.4 is 20.3 Å². The van der Waals surface area contributed by atoms with Crippen LogP contribution in [0.15, 0.2) is 160 Å². The molecule has 10 nitrogen and oxygen atoms in total. The third-order valence-corrected chi connectivity index (χ3v) is 10.0. The third kappa shape index (κ3) is 6.28. The number of benzene rings is 7. The van der Waals surface area contributed by atoms with Gasteiger partial charge in [0.25, 0.3) is 0 Å². The van der Waals surface area contributed by atoms with Gasteiger partial charge in [-0.05, 0) is 88.6 Å². The zero-order chi connectivity index (χ0) is 38.3. The van der Waals surface area contributed by atoms with Crippen LogP contribution in [0.5, 0.6) is 17.2 Å². The van der Waals surface area contributed by atoms with Gasteiger partial charge in [-0.1, -0.05) is 84.9 Å². The third-order valence-electron chi connectivity index (χ3n) is 10.0. The predicted octanol–water partition coefficient (Wildman–Crippen LogP) is 10.0. The standard InChI is InChI=1S/C46H34N6O4/c1-28(53)56-33-19-22-42-37(26-33)36(23-29-17-20-40(45(54)24-29)49-47-38-15-7-11-30-9-3-5-13-34(30)38)44-27-43(51(2)52(42)44)32-18-21-41(46(55)25-32)50-48-39-16-8-12-31-10-4-6-14-35(31)39/h3-27,43,54-55H,1-2H3/b36-23-,49-47+,50-48+. The van der Waals surface area contributed by atoms with Crippen LogP contribution in [0.3, 0.4) is 0 Å². The summed E-state index contributed by atoms with van der Waals surface area (Å²) in [6.45, 7) is 1.37. The van der Waals surface area contributed by atoms with Crippen molar-refractivity contribution < 1.29 is 19.7 Å². The molecule has 1 atom stereocenters. The van der Waals surface area contributed by atoms with Crippen LogP contribution in [0, 0.1) is 0 Å². The van der Waals surface area contributed by atoms with Crippen molar-refractivity contribution in [3.8, 4) is 17.2 Å². The van der Waals surface area contributed by atoms with Crippen LogP contribution in [0.4, 0.5) is 22.7 Å². The van der Waals surface area contributed by atoms with Gasteiger partial charge in [0.2, 0.25) is 0 Å². The number of rotatable bonds is 7. The van der Waals surface area contributed by atoms with Crippen LogP contribution in [-0.4, -0.2) is 27.9 Å². The van der Waals surface area contributed by atoms with E-state index in [1.54, 1.807) is 30.3 Å². The fourth-order valence-electron chi connectivity index (χ4n) is 7.37. The fraction of sp³-hybridized carbons (Fsp3) is 0.0652. The Morgan fingerprint density at radius 3 is 1.86 bits per heavy atom. The van der Waals surface area contributed by atoms with Gasteiger partial charge in [0.05, 0.1) is 28.3 Å². The van der Waals surface area contributed by atoms with Gasteiger partial charge >= 0.3 is 5.97 Å². The summed E-state index contributed by atoms with van der Waals surface area (Å²) in [5.74, 6) is 0.00754. The largest absolute Gasteiger partial charge is 0.506 e. The van der Waals surface area contributed by atoms with Gasteiger partial charge in [0, 0.05) is 35.3 Å². The van der Waals surface area contributed by atoms with Crippen molar-refractivity contribution in [3.05, 3.63) is 161 Å². The molecule has 56 heavy (non-hydrogen) atoms. The van der Waals surface area contributed by atoms with E-state index < -0.39 is 5.97 Å². The smallest absolute Gasteiger partial charge is 0.308 e. The van der Waals surface area contributed by atoms with E-state index in [0.29, 0.717) is 22.8 Å². The van der Waals surface area contributed by atoms with E-state index in [2.05, 4.69) is 36.2 Å². The minimum atomic E-state index is -0.413. The molecule has 2 heterocycles. The highest BCUT2D eigenvalue weighted by atomic mass is 16.5. The molecule has 0 aliphatic carbocycles. The van der Waals surface area contributed by atoms with E-state index in [4.69, 9.17) is 4.74 Å². The summed E-state index contributed by atoms with van der Waals surface area (Å²) in [5, 5.41) is 48.7. The van der Waals surface area contributed by atoms with E-state index in [-0.39, 0.29) is 17.5 Å². The minimum Gasteiger partial charge on any atom is -0.506 e. The minimum absolute atomic E-state index is 0.0145. The Bertz CT molecular complexity index is 3050. The van der Waals surface area contributed by atoms with Crippen molar-refractivity contribution in [1.29, 1.82) is 0 Å². The number of aromatic hydroxyl groups is 2. The monoisotopic (exact) mass is 734 g/mol. The molecule has 7 aromatic carbocycles. The Labute approximate surface area is 320 Å². The summed E-state index contributed by atoms with van der Waals surface area (Å²) in [4.78, 5) is 11.9. The lowest BCUT2D eigenvalue weighted by Crippen LogP contribution is -2.35. The molecule has 10 heteroatoms. The lowest BCUT2D eigenvalue weighted by Gasteiger charge is -2.25. The molecule has 0 radical (unpaired) electrons. The molecule has 8 aromatic rings. The number of esters is 1. The Kier molecular flexibility index (Phi) is 8.55. The van der Waals surface area contributed by atoms with Crippen LogP contribution in [0.2, 0.25) is 0 Å². The SMILES string of the molecule is CC(=O)Oc1ccc2c(c1)/c(=C/c1ccc(/N=N/c3cccc4ccccc34)c(O)c1)c1n2N(C)C(c2ccc(/N=N/c3cccc4ccccc34)c(O)c2)C=1. The number of carbonyl (C=O) groups is 1. The first-order valence-corrected chi connectivity index (χ1v) is 18.1. The number of nitrogens with zero attached hydrogens (tertiary/aromatic N) is 6. The number of phenols is 2. The number of aromatic nitrogens is 1. The van der Waals surface area contributed by atoms with Gasteiger partial charge < -0.3 is 20.0 Å². The molecule has 0 saturated heterocycles. The number of fused-ring (bicyclic) bond motifs is 5. The van der Waals surface area contributed by atoms with E-state index in [1.165, 1.54) is 6.92 Å². The molecular formula is C46H34N6O4. The van der Waals surface area contributed by atoms with Gasteiger partial charge in [0.1, 0.15) is 28.6 Å². The number of hydrogen-bond donors (Lipinski definition) is 2. The second-order valence-electron chi connectivity index (χ2n) is 13.6. The first kappa shape index (κ1) is 34.2. The van der Waals surface area contributed by atoms with Gasteiger partial charge in [0.15, 0.2) is 0 Å². The van der Waals surface area contributed by atoms with E-state index in [1.807, 2.05) is 122 Å².